The molecule has 192 valence electrons. The summed E-state index contributed by atoms with van der Waals surface area (Å²) in [6, 6.07) is 0. The van der Waals surface area contributed by atoms with Crippen molar-refractivity contribution in [2.75, 3.05) is 26.3 Å². The van der Waals surface area contributed by atoms with Crippen molar-refractivity contribution in [1.29, 1.82) is 0 Å². The van der Waals surface area contributed by atoms with Crippen molar-refractivity contribution in [3.8, 4) is 0 Å². The highest BCUT2D eigenvalue weighted by atomic mass is 16.6. The van der Waals surface area contributed by atoms with E-state index in [-0.39, 0.29) is 25.4 Å². The molecule has 2 saturated carbocycles. The Bertz CT molecular complexity index is 614. The molecule has 0 spiro atoms. The third-order valence-corrected chi connectivity index (χ3v) is 5.68. The fraction of sp³-hybridized carbons (Fsp3) is 0.750. The van der Waals surface area contributed by atoms with Gasteiger partial charge in [-0.1, -0.05) is 12.8 Å². The predicted molar refractivity (Wildman–Crippen MR) is 123 cm³/mol. The second-order valence-electron chi connectivity index (χ2n) is 8.56. The van der Waals surface area contributed by atoms with Crippen molar-refractivity contribution in [1.82, 2.24) is 10.6 Å². The molecule has 0 aromatic rings. The first-order valence-electron chi connectivity index (χ1n) is 12.4. The number of carbonyl (C=O) groups excluding carboxylic acids is 4. The number of carbonyl (C=O) groups is 4. The van der Waals surface area contributed by atoms with Gasteiger partial charge in [-0.3, -0.25) is 0 Å². The van der Waals surface area contributed by atoms with Gasteiger partial charge in [0.15, 0.2) is 0 Å². The molecule has 0 radical (unpaired) electrons. The van der Waals surface area contributed by atoms with E-state index < -0.39 is 24.1 Å². The minimum Gasteiger partial charge on any atom is -0.462 e. The van der Waals surface area contributed by atoms with Crippen LogP contribution in [0.25, 0.3) is 0 Å². The first-order valence-corrected chi connectivity index (χ1v) is 12.4. The van der Waals surface area contributed by atoms with E-state index in [1.807, 2.05) is 0 Å². The van der Waals surface area contributed by atoms with Gasteiger partial charge in [0, 0.05) is 25.2 Å². The Kier molecular flexibility index (Phi) is 13.5. The number of rotatable bonds is 12. The third kappa shape index (κ3) is 13.1. The van der Waals surface area contributed by atoms with Crippen LogP contribution in [0.1, 0.15) is 77.0 Å². The fourth-order valence-electron chi connectivity index (χ4n) is 3.86. The van der Waals surface area contributed by atoms with Crippen LogP contribution in [0.3, 0.4) is 0 Å². The number of nitrogens with one attached hydrogen (secondary N) is 2. The van der Waals surface area contributed by atoms with Crippen LogP contribution in [0.4, 0.5) is 9.59 Å². The lowest BCUT2D eigenvalue weighted by Crippen LogP contribution is -2.31. The molecule has 2 fully saturated rings. The summed E-state index contributed by atoms with van der Waals surface area (Å²) in [6.45, 7) is 0.856. The quantitative estimate of drug-likeness (QED) is 0.187. The molecule has 2 N–H and O–H groups in total. The van der Waals surface area contributed by atoms with E-state index >= 15 is 0 Å². The molecule has 0 atom stereocenters. The van der Waals surface area contributed by atoms with Gasteiger partial charge in [0.25, 0.3) is 0 Å². The monoisotopic (exact) mass is 482 g/mol. The number of esters is 2. The number of alkyl carbamates (subject to hydrolysis) is 2. The van der Waals surface area contributed by atoms with Crippen LogP contribution in [-0.4, -0.2) is 62.6 Å². The Balaban J connectivity index is 1.41. The molecule has 0 aromatic heterocycles. The Morgan fingerprint density at radius 3 is 1.38 bits per heavy atom. The molecule has 0 aliphatic heterocycles. The molecular formula is C24H38N2O8. The van der Waals surface area contributed by atoms with Crippen LogP contribution in [0.15, 0.2) is 12.2 Å². The average molecular weight is 483 g/mol. The van der Waals surface area contributed by atoms with Crippen LogP contribution in [0, 0.1) is 0 Å². The third-order valence-electron chi connectivity index (χ3n) is 5.68. The van der Waals surface area contributed by atoms with Crippen molar-refractivity contribution < 1.29 is 38.1 Å². The van der Waals surface area contributed by atoms with Gasteiger partial charge in [0.2, 0.25) is 0 Å². The summed E-state index contributed by atoms with van der Waals surface area (Å²) in [5.74, 6) is -1.34. The first-order chi connectivity index (χ1) is 16.5. The van der Waals surface area contributed by atoms with E-state index in [1.165, 1.54) is 12.8 Å². The molecule has 34 heavy (non-hydrogen) atoms. The molecule has 2 aliphatic rings. The Hall–Kier alpha value is -2.78. The molecule has 2 amide bonds. The SMILES string of the molecule is O=C(/C=C/C(=O)OCCCNC(=O)OC1CCCCC1)OCCCNC(=O)OC1CCCCC1. The van der Waals surface area contributed by atoms with Crippen LogP contribution in [0.2, 0.25) is 0 Å². The molecule has 2 rings (SSSR count). The summed E-state index contributed by atoms with van der Waals surface area (Å²) in [5, 5.41) is 5.27. The van der Waals surface area contributed by atoms with Crippen molar-refractivity contribution in [2.45, 2.75) is 89.3 Å². The van der Waals surface area contributed by atoms with Crippen molar-refractivity contribution >= 4 is 24.1 Å². The fourth-order valence-corrected chi connectivity index (χ4v) is 3.86. The molecule has 0 saturated heterocycles. The zero-order valence-electron chi connectivity index (χ0n) is 19.9. The molecule has 0 aromatic carbocycles. The van der Waals surface area contributed by atoms with Crippen LogP contribution < -0.4 is 10.6 Å². The summed E-state index contributed by atoms with van der Waals surface area (Å²) >= 11 is 0. The number of hydrogen-bond acceptors (Lipinski definition) is 8. The van der Waals surface area contributed by atoms with Gasteiger partial charge < -0.3 is 29.6 Å². The van der Waals surface area contributed by atoms with E-state index in [0.29, 0.717) is 25.9 Å². The summed E-state index contributed by atoms with van der Waals surface area (Å²) in [6.07, 6.45) is 12.3. The van der Waals surface area contributed by atoms with E-state index in [4.69, 9.17) is 18.9 Å². The van der Waals surface area contributed by atoms with Gasteiger partial charge in [-0.15, -0.1) is 0 Å². The normalized spacial score (nSPS) is 17.1. The van der Waals surface area contributed by atoms with E-state index in [1.54, 1.807) is 0 Å². The maximum Gasteiger partial charge on any atom is 0.407 e. The van der Waals surface area contributed by atoms with Crippen LogP contribution >= 0.6 is 0 Å². The second-order valence-corrected chi connectivity index (χ2v) is 8.56. The zero-order chi connectivity index (χ0) is 24.4. The molecule has 2 aliphatic carbocycles. The Morgan fingerprint density at radius 1 is 0.618 bits per heavy atom. The topological polar surface area (TPSA) is 129 Å². The number of hydrogen-bond donors (Lipinski definition) is 2. The highest BCUT2D eigenvalue weighted by Gasteiger charge is 2.18. The molecule has 0 bridgehead atoms. The lowest BCUT2D eigenvalue weighted by atomic mass is 9.98. The van der Waals surface area contributed by atoms with Crippen molar-refractivity contribution in [3.63, 3.8) is 0 Å². The Labute approximate surface area is 201 Å². The van der Waals surface area contributed by atoms with Gasteiger partial charge in [-0.25, -0.2) is 19.2 Å². The summed E-state index contributed by atoms with van der Waals surface area (Å²) < 4.78 is 20.6. The van der Waals surface area contributed by atoms with Gasteiger partial charge in [0.1, 0.15) is 12.2 Å². The van der Waals surface area contributed by atoms with Crippen LogP contribution in [0.5, 0.6) is 0 Å². The summed E-state index contributed by atoms with van der Waals surface area (Å²) in [4.78, 5) is 46.7. The van der Waals surface area contributed by atoms with E-state index in [0.717, 1.165) is 63.5 Å². The largest absolute Gasteiger partial charge is 0.462 e. The number of ether oxygens (including phenoxy) is 4. The lowest BCUT2D eigenvalue weighted by molar-refractivity contribution is -0.140. The van der Waals surface area contributed by atoms with E-state index in [2.05, 4.69) is 10.6 Å². The van der Waals surface area contributed by atoms with E-state index in [9.17, 15) is 19.2 Å². The van der Waals surface area contributed by atoms with Gasteiger partial charge >= 0.3 is 24.1 Å². The van der Waals surface area contributed by atoms with Gasteiger partial charge in [-0.05, 0) is 64.2 Å². The molecule has 0 heterocycles. The molecular weight excluding hydrogens is 444 g/mol. The lowest BCUT2D eigenvalue weighted by Gasteiger charge is -2.21. The maximum absolute atomic E-state index is 11.7. The minimum absolute atomic E-state index is 0.00418. The van der Waals surface area contributed by atoms with Crippen molar-refractivity contribution in [3.05, 3.63) is 12.2 Å². The van der Waals surface area contributed by atoms with Crippen LogP contribution in [-0.2, 0) is 28.5 Å². The minimum atomic E-state index is -0.672. The highest BCUT2D eigenvalue weighted by molar-refractivity contribution is 5.91. The van der Waals surface area contributed by atoms with Gasteiger partial charge in [-0.2, -0.15) is 0 Å². The second kappa shape index (κ2) is 16.8. The molecule has 0 unspecified atom stereocenters. The summed E-state index contributed by atoms with van der Waals surface area (Å²) in [5.41, 5.74) is 0. The standard InChI is InChI=1S/C24H38N2O8/c27-21(31-17-7-15-25-23(29)33-19-9-3-1-4-10-19)13-14-22(28)32-18-8-16-26-24(30)34-20-11-5-2-6-12-20/h13-14,19-20H,1-12,15-18H2,(H,25,29)(H,26,30)/b14-13+. The zero-order valence-corrected chi connectivity index (χ0v) is 19.9. The van der Waals surface area contributed by atoms with Gasteiger partial charge in [0.05, 0.1) is 13.2 Å². The predicted octanol–water partition coefficient (Wildman–Crippen LogP) is 3.53. The Morgan fingerprint density at radius 2 is 1.00 bits per heavy atom. The molecule has 10 heteroatoms. The average Bonchev–Trinajstić information content (AvgIpc) is 2.83. The van der Waals surface area contributed by atoms with Crippen molar-refractivity contribution in [2.24, 2.45) is 0 Å². The summed E-state index contributed by atoms with van der Waals surface area (Å²) in [7, 11) is 0. The molecule has 10 nitrogen and oxygen atoms in total. The highest BCUT2D eigenvalue weighted by Crippen LogP contribution is 2.21. The first kappa shape index (κ1) is 27.5. The number of amides is 2. The maximum atomic E-state index is 11.7. The smallest absolute Gasteiger partial charge is 0.407 e.